The number of anilines is 1. The molecule has 21 heavy (non-hydrogen) atoms. The van der Waals surface area contributed by atoms with Crippen molar-refractivity contribution in [3.8, 4) is 0 Å². The molecule has 8 heteroatoms. The second kappa shape index (κ2) is 4.88. The van der Waals surface area contributed by atoms with Crippen molar-refractivity contribution in [2.45, 2.75) is 18.2 Å². The maximum atomic E-state index is 12.4. The Labute approximate surface area is 122 Å². The van der Waals surface area contributed by atoms with E-state index in [0.717, 1.165) is 16.5 Å². The Morgan fingerprint density at radius 1 is 1.33 bits per heavy atom. The Balaban J connectivity index is 2.18. The summed E-state index contributed by atoms with van der Waals surface area (Å²) in [6.07, 6.45) is 5.05. The van der Waals surface area contributed by atoms with Crippen LogP contribution in [0.1, 0.15) is 12.5 Å². The van der Waals surface area contributed by atoms with E-state index in [1.807, 2.05) is 19.1 Å². The van der Waals surface area contributed by atoms with Crippen molar-refractivity contribution in [2.75, 3.05) is 4.72 Å². The Morgan fingerprint density at radius 2 is 2.14 bits per heavy atom. The zero-order chi connectivity index (χ0) is 15.0. The smallest absolute Gasteiger partial charge is 0.265 e. The topological polar surface area (TPSA) is 92.7 Å². The molecule has 0 saturated carbocycles. The predicted octanol–water partition coefficient (Wildman–Crippen LogP) is 1.66. The third-order valence-corrected chi connectivity index (χ3v) is 4.71. The van der Waals surface area contributed by atoms with Crippen molar-refractivity contribution in [3.05, 3.63) is 36.3 Å². The van der Waals surface area contributed by atoms with E-state index in [4.69, 9.17) is 0 Å². The largest absolute Gasteiger partial charge is 0.284 e. The molecular formula is C13H15N5O2S. The van der Waals surface area contributed by atoms with Gasteiger partial charge in [-0.3, -0.25) is 14.5 Å². The van der Waals surface area contributed by atoms with Crippen LogP contribution in [0.2, 0.25) is 0 Å². The number of H-pyrrole nitrogens is 1. The van der Waals surface area contributed by atoms with Gasteiger partial charge in [-0.25, -0.2) is 8.42 Å². The van der Waals surface area contributed by atoms with Gasteiger partial charge >= 0.3 is 0 Å². The van der Waals surface area contributed by atoms with Crippen LogP contribution in [0.15, 0.2) is 35.6 Å². The summed E-state index contributed by atoms with van der Waals surface area (Å²) in [6.45, 7) is 1.98. The number of hydrogen-bond donors (Lipinski definition) is 2. The molecule has 0 aliphatic carbocycles. The first-order chi connectivity index (χ1) is 10.0. The summed E-state index contributed by atoms with van der Waals surface area (Å²) in [5, 5.41) is 11.3. The number of hydrogen-bond acceptors (Lipinski definition) is 4. The highest BCUT2D eigenvalue weighted by Crippen LogP contribution is 2.29. The van der Waals surface area contributed by atoms with Crippen molar-refractivity contribution in [1.29, 1.82) is 0 Å². The highest BCUT2D eigenvalue weighted by Gasteiger charge is 2.20. The van der Waals surface area contributed by atoms with E-state index in [9.17, 15) is 8.42 Å². The third kappa shape index (κ3) is 2.27. The van der Waals surface area contributed by atoms with Gasteiger partial charge in [0, 0.05) is 18.6 Å². The van der Waals surface area contributed by atoms with Crippen LogP contribution in [0.5, 0.6) is 0 Å². The number of fused-ring (bicyclic) bond motifs is 1. The molecule has 0 radical (unpaired) electrons. The second-order valence-corrected chi connectivity index (χ2v) is 6.38. The Hall–Kier alpha value is -2.35. The van der Waals surface area contributed by atoms with Crippen LogP contribution in [-0.4, -0.2) is 28.4 Å². The quantitative estimate of drug-likeness (QED) is 0.766. The number of benzene rings is 1. The fourth-order valence-corrected chi connectivity index (χ4v) is 3.31. The normalized spacial score (nSPS) is 11.9. The van der Waals surface area contributed by atoms with Crippen LogP contribution in [0.25, 0.3) is 10.9 Å². The molecule has 0 amide bonds. The van der Waals surface area contributed by atoms with Gasteiger partial charge in [0.05, 0.1) is 23.6 Å². The molecule has 2 N–H and O–H groups in total. The monoisotopic (exact) mass is 305 g/mol. The number of aromatic nitrogens is 4. The summed E-state index contributed by atoms with van der Waals surface area (Å²) in [7, 11) is -1.88. The summed E-state index contributed by atoms with van der Waals surface area (Å²) in [5.41, 5.74) is 2.25. The summed E-state index contributed by atoms with van der Waals surface area (Å²) in [4.78, 5) is 0.101. The van der Waals surface area contributed by atoms with Crippen molar-refractivity contribution in [3.63, 3.8) is 0 Å². The molecule has 0 unspecified atom stereocenters. The van der Waals surface area contributed by atoms with Crippen LogP contribution in [0.3, 0.4) is 0 Å². The van der Waals surface area contributed by atoms with E-state index in [1.165, 1.54) is 12.4 Å². The maximum absolute atomic E-state index is 12.4. The minimum atomic E-state index is -3.67. The lowest BCUT2D eigenvalue weighted by Crippen LogP contribution is -2.14. The third-order valence-electron chi connectivity index (χ3n) is 3.39. The first-order valence-corrected chi connectivity index (χ1v) is 7.96. The predicted molar refractivity (Wildman–Crippen MR) is 79.5 cm³/mol. The molecule has 0 saturated heterocycles. The van der Waals surface area contributed by atoms with Gasteiger partial charge in [0.25, 0.3) is 10.0 Å². The summed E-state index contributed by atoms with van der Waals surface area (Å²) in [5.74, 6) is 0. The minimum Gasteiger partial charge on any atom is -0.284 e. The Morgan fingerprint density at radius 3 is 2.81 bits per heavy atom. The van der Waals surface area contributed by atoms with Crippen molar-refractivity contribution < 1.29 is 8.42 Å². The molecule has 1 aromatic carbocycles. The molecular weight excluding hydrogens is 290 g/mol. The zero-order valence-electron chi connectivity index (χ0n) is 11.7. The molecule has 3 rings (SSSR count). The van der Waals surface area contributed by atoms with Gasteiger partial charge in [-0.1, -0.05) is 19.1 Å². The number of nitrogens with one attached hydrogen (secondary N) is 2. The number of rotatable bonds is 4. The fourth-order valence-electron chi connectivity index (χ4n) is 2.30. The van der Waals surface area contributed by atoms with Gasteiger partial charge in [0.2, 0.25) is 0 Å². The van der Waals surface area contributed by atoms with Gasteiger partial charge in [-0.15, -0.1) is 0 Å². The first kappa shape index (κ1) is 13.6. The molecule has 0 aliphatic heterocycles. The Kier molecular flexibility index (Phi) is 3.17. The van der Waals surface area contributed by atoms with E-state index in [1.54, 1.807) is 17.9 Å². The molecule has 2 heterocycles. The lowest BCUT2D eigenvalue weighted by molar-refractivity contribution is 0.601. The highest BCUT2D eigenvalue weighted by molar-refractivity contribution is 7.92. The van der Waals surface area contributed by atoms with Crippen molar-refractivity contribution in [1.82, 2.24) is 20.0 Å². The van der Waals surface area contributed by atoms with E-state index >= 15 is 0 Å². The number of sulfonamides is 1. The molecule has 0 spiro atoms. The number of aromatic amines is 1. The standard InChI is InChI=1S/C13H15N5O2S/c1-3-9-4-5-10-6-16-18(2)13(10)12(9)17-21(19,20)11-7-14-15-8-11/h4-8,17H,3H2,1-2H3,(H,14,15). The van der Waals surface area contributed by atoms with Gasteiger partial charge < -0.3 is 0 Å². The van der Waals surface area contributed by atoms with Crippen LogP contribution in [0.4, 0.5) is 5.69 Å². The van der Waals surface area contributed by atoms with Crippen molar-refractivity contribution in [2.24, 2.45) is 7.05 Å². The van der Waals surface area contributed by atoms with Crippen LogP contribution in [-0.2, 0) is 23.5 Å². The van der Waals surface area contributed by atoms with Gasteiger partial charge in [-0.2, -0.15) is 10.2 Å². The summed E-state index contributed by atoms with van der Waals surface area (Å²) < 4.78 is 29.1. The van der Waals surface area contributed by atoms with Gasteiger partial charge in [0.15, 0.2) is 0 Å². The van der Waals surface area contributed by atoms with Crippen LogP contribution < -0.4 is 4.72 Å². The summed E-state index contributed by atoms with van der Waals surface area (Å²) >= 11 is 0. The van der Waals surface area contributed by atoms with Crippen LogP contribution >= 0.6 is 0 Å². The zero-order valence-corrected chi connectivity index (χ0v) is 12.5. The summed E-state index contributed by atoms with van der Waals surface area (Å²) in [6, 6.07) is 3.86. The molecule has 3 aromatic rings. The fraction of sp³-hybridized carbons (Fsp3) is 0.231. The minimum absolute atomic E-state index is 0.101. The highest BCUT2D eigenvalue weighted by atomic mass is 32.2. The lowest BCUT2D eigenvalue weighted by Gasteiger charge is -2.13. The molecule has 110 valence electrons. The molecule has 0 aliphatic rings. The van der Waals surface area contributed by atoms with Crippen molar-refractivity contribution >= 4 is 26.6 Å². The SMILES string of the molecule is CCc1ccc2cnn(C)c2c1NS(=O)(=O)c1cn[nH]c1. The lowest BCUT2D eigenvalue weighted by atomic mass is 10.1. The molecule has 0 bridgehead atoms. The molecule has 2 aromatic heterocycles. The van der Waals surface area contributed by atoms with E-state index in [2.05, 4.69) is 20.0 Å². The number of aryl methyl sites for hydroxylation is 2. The molecule has 7 nitrogen and oxygen atoms in total. The van der Waals surface area contributed by atoms with Gasteiger partial charge in [-0.05, 0) is 12.0 Å². The van der Waals surface area contributed by atoms with E-state index < -0.39 is 10.0 Å². The average Bonchev–Trinajstić information content (AvgIpc) is 3.09. The van der Waals surface area contributed by atoms with E-state index in [0.29, 0.717) is 12.1 Å². The van der Waals surface area contributed by atoms with E-state index in [-0.39, 0.29) is 4.90 Å². The molecule has 0 atom stereocenters. The number of nitrogens with zero attached hydrogens (tertiary/aromatic N) is 3. The Bertz CT molecular complexity index is 881. The second-order valence-electron chi connectivity index (χ2n) is 4.70. The molecule has 0 fully saturated rings. The maximum Gasteiger partial charge on any atom is 0.265 e. The van der Waals surface area contributed by atoms with Crippen LogP contribution in [0, 0.1) is 0 Å². The first-order valence-electron chi connectivity index (χ1n) is 6.48. The average molecular weight is 305 g/mol. The van der Waals surface area contributed by atoms with Gasteiger partial charge in [0.1, 0.15) is 4.90 Å².